The molecule has 1 saturated heterocycles. The maximum atomic E-state index is 4.55. The van der Waals surface area contributed by atoms with Crippen molar-refractivity contribution in [1.29, 1.82) is 0 Å². The Balaban J connectivity index is 2.02. The van der Waals surface area contributed by atoms with Crippen molar-refractivity contribution >= 4 is 5.65 Å². The quantitative estimate of drug-likeness (QED) is 0.791. The topological polar surface area (TPSA) is 47.2 Å². The predicted octanol–water partition coefficient (Wildman–Crippen LogP) is 3.10. The highest BCUT2D eigenvalue weighted by atomic mass is 15.2. The van der Waals surface area contributed by atoms with Crippen molar-refractivity contribution in [2.45, 2.75) is 45.6 Å². The van der Waals surface area contributed by atoms with Crippen LogP contribution in [0.3, 0.4) is 0 Å². The van der Waals surface area contributed by atoms with Crippen LogP contribution in [0.5, 0.6) is 0 Å². The van der Waals surface area contributed by atoms with Gasteiger partial charge in [-0.15, -0.1) is 0 Å². The first kappa shape index (κ1) is 14.7. The Kier molecular flexibility index (Phi) is 3.23. The molecule has 1 N–H and O–H groups in total. The van der Waals surface area contributed by atoms with E-state index in [0.29, 0.717) is 11.8 Å². The third-order valence-corrected chi connectivity index (χ3v) is 5.16. The van der Waals surface area contributed by atoms with Crippen LogP contribution in [0.1, 0.15) is 45.7 Å². The van der Waals surface area contributed by atoms with Crippen molar-refractivity contribution in [3.05, 3.63) is 30.4 Å². The number of rotatable bonds is 2. The smallest absolute Gasteiger partial charge is 0.176 e. The molecule has 3 aliphatic rings. The van der Waals surface area contributed by atoms with E-state index in [0.717, 1.165) is 30.3 Å². The second-order valence-corrected chi connectivity index (χ2v) is 7.63. The summed E-state index contributed by atoms with van der Waals surface area (Å²) >= 11 is 0. The summed E-state index contributed by atoms with van der Waals surface area (Å²) in [5.41, 5.74) is 3.66. The third kappa shape index (κ3) is 2.17. The van der Waals surface area contributed by atoms with E-state index in [-0.39, 0.29) is 5.54 Å². The number of imidazole rings is 1. The average Bonchev–Trinajstić information content (AvgIpc) is 3.21. The Bertz CT molecular complexity index is 807. The Morgan fingerprint density at radius 2 is 2.09 bits per heavy atom. The first-order valence-electron chi connectivity index (χ1n) is 8.55. The molecule has 1 aromatic heterocycles. The Labute approximate surface area is 137 Å². The van der Waals surface area contributed by atoms with Gasteiger partial charge in [0.1, 0.15) is 5.65 Å². The summed E-state index contributed by atoms with van der Waals surface area (Å²) in [5.74, 6) is 2.05. The van der Waals surface area contributed by atoms with Crippen molar-refractivity contribution < 1.29 is 0 Å². The molecular formula is C18H25N5. The highest BCUT2D eigenvalue weighted by Gasteiger charge is 2.32. The van der Waals surface area contributed by atoms with E-state index in [1.165, 1.54) is 12.1 Å². The van der Waals surface area contributed by atoms with E-state index in [1.807, 2.05) is 12.4 Å². The molecule has 5 heteroatoms. The fourth-order valence-electron chi connectivity index (χ4n) is 3.90. The molecule has 0 saturated carbocycles. The normalized spacial score (nSPS) is 22.4. The standard InChI is InChI=1S/C18H25N5/c1-5-12-8-19-9-13(12)15-11-22(18(2,3)4)16-10-21-17-14(23(15)16)6-7-20-17/h6-7,10-13,19H,5,8-9H2,1-4H3/t12-,13+/m1/s1. The van der Waals surface area contributed by atoms with Gasteiger partial charge in [0.05, 0.1) is 11.9 Å². The summed E-state index contributed by atoms with van der Waals surface area (Å²) < 4.78 is 4.73. The second kappa shape index (κ2) is 5.06. The zero-order valence-electron chi connectivity index (χ0n) is 14.4. The maximum Gasteiger partial charge on any atom is 0.176 e. The molecule has 0 bridgehead atoms. The van der Waals surface area contributed by atoms with E-state index in [9.17, 15) is 0 Å². The van der Waals surface area contributed by atoms with Gasteiger partial charge in [-0.2, -0.15) is 0 Å². The van der Waals surface area contributed by atoms with Crippen molar-refractivity contribution in [3.63, 3.8) is 0 Å². The molecule has 2 atom stereocenters. The molecule has 0 unspecified atom stereocenters. The minimum Gasteiger partial charge on any atom is -0.326 e. The van der Waals surface area contributed by atoms with E-state index in [4.69, 9.17) is 0 Å². The molecule has 0 aliphatic carbocycles. The summed E-state index contributed by atoms with van der Waals surface area (Å²) in [5, 5.41) is 3.57. The lowest BCUT2D eigenvalue weighted by molar-refractivity contribution is 0.407. The summed E-state index contributed by atoms with van der Waals surface area (Å²) in [7, 11) is 0. The van der Waals surface area contributed by atoms with E-state index >= 15 is 0 Å². The molecular weight excluding hydrogens is 286 g/mol. The van der Waals surface area contributed by atoms with Gasteiger partial charge < -0.3 is 9.88 Å². The monoisotopic (exact) mass is 311 g/mol. The predicted molar refractivity (Wildman–Crippen MR) is 92.0 cm³/mol. The zero-order chi connectivity index (χ0) is 16.2. The van der Waals surface area contributed by atoms with Crippen molar-refractivity contribution in [2.75, 3.05) is 13.1 Å². The van der Waals surface area contributed by atoms with Gasteiger partial charge in [-0.05, 0) is 39.3 Å². The number of fused-ring (bicyclic) bond motifs is 3. The zero-order valence-corrected chi connectivity index (χ0v) is 14.4. The Morgan fingerprint density at radius 1 is 1.26 bits per heavy atom. The molecule has 1 fully saturated rings. The minimum atomic E-state index is 0.0205. The van der Waals surface area contributed by atoms with E-state index in [2.05, 4.69) is 64.2 Å². The Hall–Kier alpha value is -1.88. The molecule has 0 aromatic carbocycles. The molecule has 1 aromatic rings. The van der Waals surface area contributed by atoms with Crippen LogP contribution in [0.2, 0.25) is 0 Å². The molecule has 122 valence electrons. The molecule has 0 amide bonds. The summed E-state index contributed by atoms with van der Waals surface area (Å²) in [6, 6.07) is 2.08. The molecule has 23 heavy (non-hydrogen) atoms. The summed E-state index contributed by atoms with van der Waals surface area (Å²) in [6.45, 7) is 11.2. The van der Waals surface area contributed by atoms with Gasteiger partial charge >= 0.3 is 0 Å². The van der Waals surface area contributed by atoms with Crippen LogP contribution in [-0.2, 0) is 5.54 Å². The fourth-order valence-corrected chi connectivity index (χ4v) is 3.90. The first-order chi connectivity index (χ1) is 11.0. The van der Waals surface area contributed by atoms with Crippen molar-refractivity contribution in [2.24, 2.45) is 5.92 Å². The van der Waals surface area contributed by atoms with Crippen molar-refractivity contribution in [1.82, 2.24) is 24.3 Å². The fraction of sp³-hybridized carbons (Fsp3) is 0.556. The van der Waals surface area contributed by atoms with Crippen LogP contribution >= 0.6 is 0 Å². The van der Waals surface area contributed by atoms with Gasteiger partial charge in [-0.25, -0.2) is 9.97 Å². The highest BCUT2D eigenvalue weighted by Crippen LogP contribution is 2.35. The van der Waals surface area contributed by atoms with Crippen LogP contribution in [0.15, 0.2) is 24.7 Å². The number of nitrogens with zero attached hydrogens (tertiary/aromatic N) is 4. The lowest BCUT2D eigenvalue weighted by Gasteiger charge is -2.22. The number of hydrogen-bond donors (Lipinski definition) is 1. The summed E-state index contributed by atoms with van der Waals surface area (Å²) in [6.07, 6.45) is 7.36. The number of hydrogen-bond acceptors (Lipinski definition) is 3. The second-order valence-electron chi connectivity index (χ2n) is 7.63. The SMILES string of the molecule is CC[C@@H]1CNC[C@@H]1c1cn(C(C)(C)C)c2cnc3nccc-3n12. The lowest BCUT2D eigenvalue weighted by Crippen LogP contribution is -2.21. The van der Waals surface area contributed by atoms with Gasteiger partial charge in [0.25, 0.3) is 0 Å². The van der Waals surface area contributed by atoms with Gasteiger partial charge in [0.2, 0.25) is 0 Å². The van der Waals surface area contributed by atoms with Crippen LogP contribution < -0.4 is 5.32 Å². The largest absolute Gasteiger partial charge is 0.326 e. The maximum absolute atomic E-state index is 4.55. The van der Waals surface area contributed by atoms with Gasteiger partial charge in [0.15, 0.2) is 5.82 Å². The van der Waals surface area contributed by atoms with Crippen LogP contribution in [0, 0.1) is 5.92 Å². The van der Waals surface area contributed by atoms with Crippen LogP contribution in [0.25, 0.3) is 17.2 Å². The van der Waals surface area contributed by atoms with E-state index in [1.54, 1.807) is 0 Å². The number of aromatic nitrogens is 4. The molecule has 0 spiro atoms. The van der Waals surface area contributed by atoms with Crippen molar-refractivity contribution in [3.8, 4) is 11.5 Å². The third-order valence-electron chi connectivity index (χ3n) is 5.16. The molecule has 5 nitrogen and oxygen atoms in total. The van der Waals surface area contributed by atoms with Gasteiger partial charge in [0, 0.05) is 36.1 Å². The first-order valence-corrected chi connectivity index (χ1v) is 8.55. The van der Waals surface area contributed by atoms with Gasteiger partial charge in [-0.3, -0.25) is 4.40 Å². The lowest BCUT2D eigenvalue weighted by atomic mass is 9.91. The van der Waals surface area contributed by atoms with Gasteiger partial charge in [-0.1, -0.05) is 13.3 Å². The van der Waals surface area contributed by atoms with E-state index < -0.39 is 0 Å². The van der Waals surface area contributed by atoms with Crippen LogP contribution in [-0.4, -0.2) is 32.0 Å². The molecule has 0 radical (unpaired) electrons. The Morgan fingerprint density at radius 3 is 2.83 bits per heavy atom. The van der Waals surface area contributed by atoms with Crippen LogP contribution in [0.4, 0.5) is 0 Å². The molecule has 4 heterocycles. The average molecular weight is 311 g/mol. The molecule has 3 aliphatic heterocycles. The minimum absolute atomic E-state index is 0.0205. The highest BCUT2D eigenvalue weighted by molar-refractivity contribution is 5.60. The number of nitrogens with one attached hydrogen (secondary N) is 1. The molecule has 4 rings (SSSR count). The summed E-state index contributed by atoms with van der Waals surface area (Å²) in [4.78, 5) is 8.94.